The molecule has 0 bridgehead atoms. The Morgan fingerprint density at radius 2 is 1.77 bits per heavy atom. The summed E-state index contributed by atoms with van der Waals surface area (Å²) in [5.74, 6) is 0.281. The molecule has 26 heavy (non-hydrogen) atoms. The summed E-state index contributed by atoms with van der Waals surface area (Å²) in [6, 6.07) is 12.6. The van der Waals surface area contributed by atoms with Crippen molar-refractivity contribution in [2.45, 2.75) is 45.2 Å². The standard InChI is InChI=1S/C19H26N4O2S/c1-13(2)23-26(24,25)18-7-5-6-16(11-18)12-21-19(20)22-17-9-14(3)8-15(4)10-17/h5-11,13,23H,12H2,1-4H3,(H3,20,21,22). The minimum Gasteiger partial charge on any atom is -0.370 e. The quantitative estimate of drug-likeness (QED) is 0.535. The first kappa shape index (κ1) is 19.9. The van der Waals surface area contributed by atoms with Gasteiger partial charge in [-0.25, -0.2) is 18.1 Å². The van der Waals surface area contributed by atoms with Gasteiger partial charge in [-0.15, -0.1) is 0 Å². The highest BCUT2D eigenvalue weighted by Crippen LogP contribution is 2.15. The number of aryl methyl sites for hydroxylation is 2. The molecule has 0 aliphatic heterocycles. The molecule has 0 radical (unpaired) electrons. The van der Waals surface area contributed by atoms with Crippen molar-refractivity contribution in [3.63, 3.8) is 0 Å². The molecule has 4 N–H and O–H groups in total. The Morgan fingerprint density at radius 3 is 2.38 bits per heavy atom. The zero-order valence-corrected chi connectivity index (χ0v) is 16.4. The number of hydrogen-bond donors (Lipinski definition) is 3. The van der Waals surface area contributed by atoms with Gasteiger partial charge in [-0.05, 0) is 68.7 Å². The van der Waals surface area contributed by atoms with Crippen LogP contribution in [0.4, 0.5) is 5.69 Å². The van der Waals surface area contributed by atoms with Gasteiger partial charge in [0.2, 0.25) is 10.0 Å². The first-order valence-electron chi connectivity index (χ1n) is 8.42. The van der Waals surface area contributed by atoms with Crippen molar-refractivity contribution in [3.05, 3.63) is 59.2 Å². The lowest BCUT2D eigenvalue weighted by Gasteiger charge is -2.10. The molecule has 0 aliphatic rings. The number of aliphatic imine (C=N–C) groups is 1. The van der Waals surface area contributed by atoms with Crippen molar-refractivity contribution < 1.29 is 8.42 Å². The van der Waals surface area contributed by atoms with E-state index in [2.05, 4.69) is 21.1 Å². The SMILES string of the molecule is Cc1cc(C)cc(NC(N)=NCc2cccc(S(=O)(=O)NC(C)C)c2)c1. The van der Waals surface area contributed by atoms with Crippen LogP contribution in [-0.4, -0.2) is 20.4 Å². The van der Waals surface area contributed by atoms with Crippen LogP contribution in [0.3, 0.4) is 0 Å². The Morgan fingerprint density at radius 1 is 1.12 bits per heavy atom. The molecule has 0 saturated carbocycles. The minimum atomic E-state index is -3.52. The van der Waals surface area contributed by atoms with Crippen molar-refractivity contribution in [3.8, 4) is 0 Å². The normalized spacial score (nSPS) is 12.4. The maximum absolute atomic E-state index is 12.3. The fourth-order valence-electron chi connectivity index (χ4n) is 2.60. The Labute approximate surface area is 155 Å². The predicted octanol–water partition coefficient (Wildman–Crippen LogP) is 2.92. The van der Waals surface area contributed by atoms with E-state index in [0.29, 0.717) is 0 Å². The van der Waals surface area contributed by atoms with Crippen LogP contribution in [0.2, 0.25) is 0 Å². The van der Waals surface area contributed by atoms with Crippen molar-refractivity contribution in [1.29, 1.82) is 0 Å². The van der Waals surface area contributed by atoms with Crippen molar-refractivity contribution >= 4 is 21.7 Å². The number of benzene rings is 2. The number of nitrogens with zero attached hydrogens (tertiary/aromatic N) is 1. The van der Waals surface area contributed by atoms with Crippen LogP contribution < -0.4 is 15.8 Å². The number of anilines is 1. The highest BCUT2D eigenvalue weighted by molar-refractivity contribution is 7.89. The molecule has 2 aromatic carbocycles. The van der Waals surface area contributed by atoms with E-state index in [9.17, 15) is 8.42 Å². The molecule has 0 atom stereocenters. The Kier molecular flexibility index (Phi) is 6.39. The lowest BCUT2D eigenvalue weighted by Crippen LogP contribution is -2.30. The van der Waals surface area contributed by atoms with Crippen LogP contribution in [-0.2, 0) is 16.6 Å². The minimum absolute atomic E-state index is 0.167. The molecule has 0 aromatic heterocycles. The zero-order chi connectivity index (χ0) is 19.3. The van der Waals surface area contributed by atoms with Gasteiger partial charge in [-0.3, -0.25) is 0 Å². The summed E-state index contributed by atoms with van der Waals surface area (Å²) < 4.78 is 27.1. The number of sulfonamides is 1. The number of hydrogen-bond acceptors (Lipinski definition) is 3. The van der Waals surface area contributed by atoms with Crippen LogP contribution in [0.25, 0.3) is 0 Å². The Balaban J connectivity index is 2.11. The van der Waals surface area contributed by atoms with Crippen LogP contribution in [0.5, 0.6) is 0 Å². The third-order valence-electron chi connectivity index (χ3n) is 3.53. The largest absolute Gasteiger partial charge is 0.370 e. The van der Waals surface area contributed by atoms with Gasteiger partial charge < -0.3 is 11.1 Å². The third-order valence-corrected chi connectivity index (χ3v) is 5.18. The van der Waals surface area contributed by atoms with Gasteiger partial charge >= 0.3 is 0 Å². The third kappa shape index (κ3) is 5.86. The van der Waals surface area contributed by atoms with Gasteiger partial charge in [-0.1, -0.05) is 18.2 Å². The van der Waals surface area contributed by atoms with Gasteiger partial charge in [0.15, 0.2) is 5.96 Å². The van der Waals surface area contributed by atoms with E-state index < -0.39 is 10.0 Å². The first-order valence-corrected chi connectivity index (χ1v) is 9.90. The first-order chi connectivity index (χ1) is 12.2. The van der Waals surface area contributed by atoms with Gasteiger partial charge in [0.1, 0.15) is 0 Å². The molecule has 7 heteroatoms. The molecule has 0 fully saturated rings. The Hall–Kier alpha value is -2.38. The fraction of sp³-hybridized carbons (Fsp3) is 0.316. The second-order valence-corrected chi connectivity index (χ2v) is 8.34. The number of guanidine groups is 1. The predicted molar refractivity (Wildman–Crippen MR) is 107 cm³/mol. The van der Waals surface area contributed by atoms with Crippen molar-refractivity contribution in [2.75, 3.05) is 5.32 Å². The number of nitrogens with two attached hydrogens (primary N) is 1. The van der Waals surface area contributed by atoms with E-state index in [4.69, 9.17) is 5.73 Å². The molecular formula is C19H26N4O2S. The average molecular weight is 375 g/mol. The molecule has 140 valence electrons. The van der Waals surface area contributed by atoms with E-state index in [1.807, 2.05) is 32.0 Å². The molecule has 0 amide bonds. The molecule has 0 heterocycles. The molecule has 6 nitrogen and oxygen atoms in total. The lowest BCUT2D eigenvalue weighted by molar-refractivity contribution is 0.569. The highest BCUT2D eigenvalue weighted by Gasteiger charge is 2.15. The number of nitrogens with one attached hydrogen (secondary N) is 2. The summed E-state index contributed by atoms with van der Waals surface area (Å²) >= 11 is 0. The molecule has 0 saturated heterocycles. The highest BCUT2D eigenvalue weighted by atomic mass is 32.2. The summed E-state index contributed by atoms with van der Waals surface area (Å²) in [6.45, 7) is 7.89. The molecule has 2 aromatic rings. The van der Waals surface area contributed by atoms with E-state index in [-0.39, 0.29) is 23.4 Å². The maximum Gasteiger partial charge on any atom is 0.240 e. The summed E-state index contributed by atoms with van der Waals surface area (Å²) in [6.07, 6.45) is 0. The zero-order valence-electron chi connectivity index (χ0n) is 15.6. The summed E-state index contributed by atoms with van der Waals surface area (Å²) in [5.41, 5.74) is 9.86. The number of rotatable bonds is 6. The van der Waals surface area contributed by atoms with E-state index in [1.54, 1.807) is 32.0 Å². The summed E-state index contributed by atoms with van der Waals surface area (Å²) in [4.78, 5) is 4.52. The van der Waals surface area contributed by atoms with Crippen molar-refractivity contribution in [1.82, 2.24) is 4.72 Å². The second kappa shape index (κ2) is 8.33. The van der Waals surface area contributed by atoms with E-state index in [0.717, 1.165) is 22.4 Å². The molecular weight excluding hydrogens is 348 g/mol. The lowest BCUT2D eigenvalue weighted by atomic mass is 10.1. The van der Waals surface area contributed by atoms with Crippen LogP contribution in [0, 0.1) is 13.8 Å². The molecule has 0 unspecified atom stereocenters. The average Bonchev–Trinajstić information content (AvgIpc) is 2.51. The van der Waals surface area contributed by atoms with E-state index >= 15 is 0 Å². The summed E-state index contributed by atoms with van der Waals surface area (Å²) in [5, 5.41) is 3.06. The van der Waals surface area contributed by atoms with Crippen LogP contribution >= 0.6 is 0 Å². The van der Waals surface area contributed by atoms with Gasteiger partial charge in [0.05, 0.1) is 11.4 Å². The van der Waals surface area contributed by atoms with Gasteiger partial charge in [0, 0.05) is 11.7 Å². The van der Waals surface area contributed by atoms with E-state index in [1.165, 1.54) is 0 Å². The van der Waals surface area contributed by atoms with Gasteiger partial charge in [-0.2, -0.15) is 0 Å². The monoisotopic (exact) mass is 374 g/mol. The smallest absolute Gasteiger partial charge is 0.240 e. The van der Waals surface area contributed by atoms with Crippen molar-refractivity contribution in [2.24, 2.45) is 10.7 Å². The van der Waals surface area contributed by atoms with Gasteiger partial charge in [0.25, 0.3) is 0 Å². The Bertz CT molecular complexity index is 885. The summed E-state index contributed by atoms with van der Waals surface area (Å²) in [7, 11) is -3.52. The maximum atomic E-state index is 12.3. The molecule has 0 spiro atoms. The van der Waals surface area contributed by atoms with Crippen LogP contribution in [0.15, 0.2) is 52.4 Å². The fourth-order valence-corrected chi connectivity index (χ4v) is 3.92. The van der Waals surface area contributed by atoms with Crippen LogP contribution in [0.1, 0.15) is 30.5 Å². The molecule has 2 rings (SSSR count). The topological polar surface area (TPSA) is 96.6 Å². The second-order valence-electron chi connectivity index (χ2n) is 6.63. The molecule has 0 aliphatic carbocycles.